The lowest BCUT2D eigenvalue weighted by Crippen LogP contribution is -2.35. The normalized spacial score (nSPS) is 14.6. The number of aryl methyl sites for hydroxylation is 2. The fraction of sp³-hybridized carbons (Fsp3) is 0.259. The number of hydrogen-bond donors (Lipinski definition) is 0. The van der Waals surface area contributed by atoms with Crippen molar-refractivity contribution in [3.63, 3.8) is 0 Å². The maximum Gasteiger partial charge on any atom is 0.261 e. The number of fused-ring (bicyclic) bond motifs is 1. The molecule has 0 unspecified atom stereocenters. The minimum Gasteiger partial charge on any atom is -0.379 e. The average Bonchev–Trinajstić information content (AvgIpc) is 2.85. The molecule has 0 radical (unpaired) electrons. The largest absolute Gasteiger partial charge is 0.379 e. The van der Waals surface area contributed by atoms with Crippen LogP contribution in [0.25, 0.3) is 22.0 Å². The molecule has 1 aliphatic heterocycles. The molecule has 6 heteroatoms. The molecule has 0 N–H and O–H groups in total. The summed E-state index contributed by atoms with van der Waals surface area (Å²) in [6.45, 7) is 5.16. The predicted molar refractivity (Wildman–Crippen MR) is 133 cm³/mol. The molecule has 33 heavy (non-hydrogen) atoms. The molecule has 0 atom stereocenters. The highest BCUT2D eigenvalue weighted by molar-refractivity contribution is 6.30. The van der Waals surface area contributed by atoms with Gasteiger partial charge in [-0.3, -0.25) is 14.3 Å². The Balaban J connectivity index is 1.27. The van der Waals surface area contributed by atoms with Crippen molar-refractivity contribution in [1.82, 2.24) is 14.5 Å². The Morgan fingerprint density at radius 2 is 1.58 bits per heavy atom. The van der Waals surface area contributed by atoms with Crippen molar-refractivity contribution in [1.29, 1.82) is 0 Å². The van der Waals surface area contributed by atoms with Crippen LogP contribution in [0.5, 0.6) is 0 Å². The molecule has 1 aliphatic rings. The van der Waals surface area contributed by atoms with Crippen LogP contribution in [0.15, 0.2) is 77.9 Å². The number of benzene rings is 3. The summed E-state index contributed by atoms with van der Waals surface area (Å²) in [6.07, 6.45) is 2.44. The Morgan fingerprint density at radius 1 is 0.879 bits per heavy atom. The molecule has 3 aromatic carbocycles. The van der Waals surface area contributed by atoms with Gasteiger partial charge in [0.15, 0.2) is 0 Å². The van der Waals surface area contributed by atoms with Gasteiger partial charge < -0.3 is 4.74 Å². The van der Waals surface area contributed by atoms with Gasteiger partial charge in [-0.25, -0.2) is 4.98 Å². The number of morpholine rings is 1. The second-order valence-corrected chi connectivity index (χ2v) is 8.87. The Hall–Kier alpha value is -2.99. The zero-order chi connectivity index (χ0) is 22.6. The van der Waals surface area contributed by atoms with Gasteiger partial charge in [-0.15, -0.1) is 0 Å². The number of ether oxygens (including phenoxy) is 1. The summed E-state index contributed by atoms with van der Waals surface area (Å²) >= 11 is 5.99. The molecule has 168 valence electrons. The SMILES string of the molecule is O=c1c2ccc(-c3ccc(Cl)cc3)cc2ncn1CCc1ccc(CN2CCOCC2)cc1. The van der Waals surface area contributed by atoms with E-state index in [9.17, 15) is 4.79 Å². The van der Waals surface area contributed by atoms with Gasteiger partial charge >= 0.3 is 0 Å². The molecular formula is C27H26ClN3O2. The third-order valence-electron chi connectivity index (χ3n) is 6.18. The van der Waals surface area contributed by atoms with Crippen LogP contribution in [-0.2, 0) is 24.2 Å². The highest BCUT2D eigenvalue weighted by Gasteiger charge is 2.11. The second-order valence-electron chi connectivity index (χ2n) is 8.44. The van der Waals surface area contributed by atoms with Crippen molar-refractivity contribution in [2.24, 2.45) is 0 Å². The van der Waals surface area contributed by atoms with Crippen LogP contribution in [0.1, 0.15) is 11.1 Å². The topological polar surface area (TPSA) is 47.4 Å². The first-order valence-corrected chi connectivity index (χ1v) is 11.7. The summed E-state index contributed by atoms with van der Waals surface area (Å²) in [7, 11) is 0. The smallest absolute Gasteiger partial charge is 0.261 e. The first-order chi connectivity index (χ1) is 16.2. The van der Waals surface area contributed by atoms with E-state index in [4.69, 9.17) is 16.3 Å². The molecule has 0 amide bonds. The van der Waals surface area contributed by atoms with Crippen LogP contribution in [0, 0.1) is 0 Å². The van der Waals surface area contributed by atoms with Crippen LogP contribution in [0.3, 0.4) is 0 Å². The van der Waals surface area contributed by atoms with E-state index in [2.05, 4.69) is 34.1 Å². The van der Waals surface area contributed by atoms with Gasteiger partial charge in [0, 0.05) is 31.2 Å². The lowest BCUT2D eigenvalue weighted by Gasteiger charge is -2.26. The van der Waals surface area contributed by atoms with Gasteiger partial charge in [0.2, 0.25) is 0 Å². The molecule has 2 heterocycles. The Bertz CT molecular complexity index is 1290. The summed E-state index contributed by atoms with van der Waals surface area (Å²) in [5, 5.41) is 1.34. The van der Waals surface area contributed by atoms with E-state index >= 15 is 0 Å². The van der Waals surface area contributed by atoms with Gasteiger partial charge in [-0.1, -0.05) is 54.1 Å². The molecule has 1 aromatic heterocycles. The second kappa shape index (κ2) is 9.87. The summed E-state index contributed by atoms with van der Waals surface area (Å²) in [4.78, 5) is 20.0. The molecule has 0 spiro atoms. The molecule has 0 bridgehead atoms. The number of rotatable bonds is 6. The Labute approximate surface area is 198 Å². The lowest BCUT2D eigenvalue weighted by molar-refractivity contribution is 0.0342. The molecule has 0 aliphatic carbocycles. The van der Waals surface area contributed by atoms with E-state index in [1.807, 2.05) is 42.5 Å². The number of hydrogen-bond acceptors (Lipinski definition) is 4. The quantitative estimate of drug-likeness (QED) is 0.416. The van der Waals surface area contributed by atoms with Crippen molar-refractivity contribution < 1.29 is 4.74 Å². The first kappa shape index (κ1) is 21.8. The van der Waals surface area contributed by atoms with Crippen molar-refractivity contribution >= 4 is 22.5 Å². The Morgan fingerprint density at radius 3 is 2.33 bits per heavy atom. The lowest BCUT2D eigenvalue weighted by atomic mass is 10.0. The van der Waals surface area contributed by atoms with E-state index in [0.29, 0.717) is 22.5 Å². The first-order valence-electron chi connectivity index (χ1n) is 11.3. The summed E-state index contributed by atoms with van der Waals surface area (Å²) in [5.41, 5.74) is 5.28. The molecular weight excluding hydrogens is 434 g/mol. The zero-order valence-corrected chi connectivity index (χ0v) is 19.2. The fourth-order valence-electron chi connectivity index (χ4n) is 4.22. The zero-order valence-electron chi connectivity index (χ0n) is 18.4. The third kappa shape index (κ3) is 5.17. The van der Waals surface area contributed by atoms with E-state index in [0.717, 1.165) is 50.4 Å². The van der Waals surface area contributed by atoms with E-state index in [1.165, 1.54) is 11.1 Å². The van der Waals surface area contributed by atoms with E-state index in [-0.39, 0.29) is 5.56 Å². The molecule has 1 fully saturated rings. The third-order valence-corrected chi connectivity index (χ3v) is 6.43. The highest BCUT2D eigenvalue weighted by Crippen LogP contribution is 2.23. The number of aromatic nitrogens is 2. The average molecular weight is 460 g/mol. The highest BCUT2D eigenvalue weighted by atomic mass is 35.5. The predicted octanol–water partition coefficient (Wildman–Crippen LogP) is 4.79. The summed E-state index contributed by atoms with van der Waals surface area (Å²) in [6, 6.07) is 22.1. The molecule has 5 nitrogen and oxygen atoms in total. The van der Waals surface area contributed by atoms with Crippen LogP contribution < -0.4 is 5.56 Å². The maximum atomic E-state index is 13.0. The summed E-state index contributed by atoms with van der Waals surface area (Å²) < 4.78 is 7.12. The summed E-state index contributed by atoms with van der Waals surface area (Å²) in [5.74, 6) is 0. The maximum absolute atomic E-state index is 13.0. The molecule has 1 saturated heterocycles. The van der Waals surface area contributed by atoms with Gasteiger partial charge in [0.1, 0.15) is 0 Å². The number of nitrogens with zero attached hydrogens (tertiary/aromatic N) is 3. The monoisotopic (exact) mass is 459 g/mol. The molecule has 5 rings (SSSR count). The minimum absolute atomic E-state index is 0.00778. The van der Waals surface area contributed by atoms with Crippen LogP contribution in [0.4, 0.5) is 0 Å². The van der Waals surface area contributed by atoms with Gasteiger partial charge in [0.25, 0.3) is 5.56 Å². The van der Waals surface area contributed by atoms with Crippen molar-refractivity contribution in [3.8, 4) is 11.1 Å². The van der Waals surface area contributed by atoms with Gasteiger partial charge in [-0.2, -0.15) is 0 Å². The number of halogens is 1. The standard InChI is InChI=1S/C27H26ClN3O2/c28-24-8-5-22(6-9-24)23-7-10-25-26(17-23)29-19-31(27(25)32)12-11-20-1-3-21(4-2-20)18-30-13-15-33-16-14-30/h1-10,17,19H,11-16,18H2. The van der Waals surface area contributed by atoms with Gasteiger partial charge in [-0.05, 0) is 52.9 Å². The van der Waals surface area contributed by atoms with Gasteiger partial charge in [0.05, 0.1) is 30.4 Å². The van der Waals surface area contributed by atoms with Crippen LogP contribution in [-0.4, -0.2) is 40.8 Å². The van der Waals surface area contributed by atoms with Crippen LogP contribution in [0.2, 0.25) is 5.02 Å². The molecule has 0 saturated carbocycles. The minimum atomic E-state index is -0.00778. The Kier molecular flexibility index (Phi) is 6.53. The van der Waals surface area contributed by atoms with Crippen molar-refractivity contribution in [2.75, 3.05) is 26.3 Å². The van der Waals surface area contributed by atoms with Crippen molar-refractivity contribution in [2.45, 2.75) is 19.5 Å². The van der Waals surface area contributed by atoms with E-state index < -0.39 is 0 Å². The molecule has 4 aromatic rings. The van der Waals surface area contributed by atoms with E-state index in [1.54, 1.807) is 10.9 Å². The van der Waals surface area contributed by atoms with Crippen LogP contribution >= 0.6 is 11.6 Å². The van der Waals surface area contributed by atoms with Crippen molar-refractivity contribution in [3.05, 3.63) is 99.6 Å². The fourth-order valence-corrected chi connectivity index (χ4v) is 4.34.